The molecule has 7 nitrogen and oxygen atoms in total. The van der Waals surface area contributed by atoms with E-state index in [4.69, 9.17) is 4.52 Å². The third-order valence-electron chi connectivity index (χ3n) is 2.87. The number of esters is 1. The van der Waals surface area contributed by atoms with Gasteiger partial charge in [-0.1, -0.05) is 21.1 Å². The zero-order valence-corrected chi connectivity index (χ0v) is 14.4. The molecule has 1 aromatic heterocycles. The van der Waals surface area contributed by atoms with Crippen LogP contribution in [0.4, 0.5) is 5.69 Å². The van der Waals surface area contributed by atoms with E-state index in [9.17, 15) is 13.2 Å². The molecule has 2 aromatic rings. The summed E-state index contributed by atoms with van der Waals surface area (Å²) in [5, 5.41) is 3.62. The fraction of sp³-hybridized carbons (Fsp3) is 0.231. The summed E-state index contributed by atoms with van der Waals surface area (Å²) in [6, 6.07) is 4.54. The number of aryl methyl sites for hydroxylation is 2. The lowest BCUT2D eigenvalue weighted by Crippen LogP contribution is -2.17. The summed E-state index contributed by atoms with van der Waals surface area (Å²) in [6.45, 7) is 3.02. The van der Waals surface area contributed by atoms with Gasteiger partial charge in [0.25, 0.3) is 10.0 Å². The number of ether oxygens (including phenoxy) is 1. The molecule has 1 heterocycles. The fourth-order valence-corrected chi connectivity index (χ4v) is 3.71. The van der Waals surface area contributed by atoms with Crippen molar-refractivity contribution in [3.63, 3.8) is 0 Å². The first-order chi connectivity index (χ1) is 10.3. The van der Waals surface area contributed by atoms with Crippen molar-refractivity contribution in [2.24, 2.45) is 0 Å². The molecule has 0 amide bonds. The Morgan fingerprint density at radius 1 is 1.36 bits per heavy atom. The van der Waals surface area contributed by atoms with Gasteiger partial charge in [-0.3, -0.25) is 4.72 Å². The number of halogens is 1. The van der Waals surface area contributed by atoms with E-state index in [-0.39, 0.29) is 27.6 Å². The summed E-state index contributed by atoms with van der Waals surface area (Å²) in [4.78, 5) is 11.7. The summed E-state index contributed by atoms with van der Waals surface area (Å²) in [6.07, 6.45) is 0. The van der Waals surface area contributed by atoms with Crippen LogP contribution in [-0.2, 0) is 14.8 Å². The molecule has 1 N–H and O–H groups in total. The molecule has 9 heteroatoms. The van der Waals surface area contributed by atoms with Crippen LogP contribution < -0.4 is 4.72 Å². The molecule has 0 unspecified atom stereocenters. The molecule has 22 heavy (non-hydrogen) atoms. The Kier molecular flexibility index (Phi) is 4.57. The van der Waals surface area contributed by atoms with E-state index in [2.05, 4.69) is 30.5 Å². The number of carbonyl (C=O) groups is 1. The normalized spacial score (nSPS) is 11.3. The van der Waals surface area contributed by atoms with Gasteiger partial charge in [0, 0.05) is 4.47 Å². The van der Waals surface area contributed by atoms with Gasteiger partial charge < -0.3 is 9.26 Å². The lowest BCUT2D eigenvalue weighted by molar-refractivity contribution is 0.0602. The third kappa shape index (κ3) is 3.14. The van der Waals surface area contributed by atoms with E-state index in [0.29, 0.717) is 4.47 Å². The fourth-order valence-electron chi connectivity index (χ4n) is 1.94. The van der Waals surface area contributed by atoms with Gasteiger partial charge in [0.05, 0.1) is 18.4 Å². The Hall–Kier alpha value is -1.87. The predicted octanol–water partition coefficient (Wildman–Crippen LogP) is 2.64. The maximum absolute atomic E-state index is 12.5. The molecule has 0 saturated carbocycles. The minimum Gasteiger partial charge on any atom is -0.465 e. The number of rotatable bonds is 4. The SMILES string of the molecule is COC(=O)c1cc(Br)ccc1NS(=O)(=O)c1c(C)noc1C. The molecule has 0 aliphatic heterocycles. The van der Waals surface area contributed by atoms with Gasteiger partial charge in [-0.25, -0.2) is 13.2 Å². The Labute approximate surface area is 135 Å². The van der Waals surface area contributed by atoms with Crippen molar-refractivity contribution in [3.05, 3.63) is 39.7 Å². The van der Waals surface area contributed by atoms with Gasteiger partial charge in [0.15, 0.2) is 10.7 Å². The van der Waals surface area contributed by atoms with Gasteiger partial charge in [-0.05, 0) is 32.0 Å². The number of methoxy groups -OCH3 is 1. The molecule has 0 radical (unpaired) electrons. The van der Waals surface area contributed by atoms with Gasteiger partial charge in [0.2, 0.25) is 0 Å². The minimum atomic E-state index is -3.94. The maximum Gasteiger partial charge on any atom is 0.340 e. The average molecular weight is 389 g/mol. The number of carbonyl (C=O) groups excluding carboxylic acids is 1. The molecule has 0 aliphatic rings. The van der Waals surface area contributed by atoms with Crippen molar-refractivity contribution in [1.82, 2.24) is 5.16 Å². The summed E-state index contributed by atoms with van der Waals surface area (Å²) >= 11 is 3.23. The number of sulfonamides is 1. The molecule has 0 aliphatic carbocycles. The van der Waals surface area contributed by atoms with E-state index in [0.717, 1.165) is 0 Å². The van der Waals surface area contributed by atoms with Gasteiger partial charge >= 0.3 is 5.97 Å². The van der Waals surface area contributed by atoms with Crippen molar-refractivity contribution in [2.75, 3.05) is 11.8 Å². The highest BCUT2D eigenvalue weighted by molar-refractivity contribution is 9.10. The zero-order valence-electron chi connectivity index (χ0n) is 12.0. The molecule has 118 valence electrons. The quantitative estimate of drug-likeness (QED) is 0.808. The third-order valence-corrected chi connectivity index (χ3v) is 4.97. The van der Waals surface area contributed by atoms with E-state index in [1.54, 1.807) is 6.07 Å². The number of benzene rings is 1. The van der Waals surface area contributed by atoms with Gasteiger partial charge in [-0.15, -0.1) is 0 Å². The molecule has 2 rings (SSSR count). The Morgan fingerprint density at radius 3 is 2.59 bits per heavy atom. The van der Waals surface area contributed by atoms with Crippen molar-refractivity contribution < 1.29 is 22.5 Å². The smallest absolute Gasteiger partial charge is 0.340 e. The highest BCUT2D eigenvalue weighted by atomic mass is 79.9. The lowest BCUT2D eigenvalue weighted by atomic mass is 10.2. The second kappa shape index (κ2) is 6.09. The molecule has 0 atom stereocenters. The largest absolute Gasteiger partial charge is 0.465 e. The first kappa shape index (κ1) is 16.5. The first-order valence-corrected chi connectivity index (χ1v) is 8.37. The number of nitrogens with one attached hydrogen (secondary N) is 1. The summed E-state index contributed by atoms with van der Waals surface area (Å²) in [5.41, 5.74) is 0.434. The van der Waals surface area contributed by atoms with E-state index in [1.807, 2.05) is 0 Å². The van der Waals surface area contributed by atoms with Crippen molar-refractivity contribution >= 4 is 37.6 Å². The van der Waals surface area contributed by atoms with Crippen LogP contribution in [0.5, 0.6) is 0 Å². The second-order valence-electron chi connectivity index (χ2n) is 4.44. The lowest BCUT2D eigenvalue weighted by Gasteiger charge is -2.11. The number of anilines is 1. The Morgan fingerprint density at radius 2 is 2.05 bits per heavy atom. The predicted molar refractivity (Wildman–Crippen MR) is 82.3 cm³/mol. The highest BCUT2D eigenvalue weighted by Gasteiger charge is 2.26. The van der Waals surface area contributed by atoms with E-state index < -0.39 is 16.0 Å². The van der Waals surface area contributed by atoms with Crippen molar-refractivity contribution in [1.29, 1.82) is 0 Å². The van der Waals surface area contributed by atoms with Crippen molar-refractivity contribution in [3.8, 4) is 0 Å². The molecule has 0 saturated heterocycles. The van der Waals surface area contributed by atoms with Crippen LogP contribution in [0, 0.1) is 13.8 Å². The average Bonchev–Trinajstić information content (AvgIpc) is 2.79. The monoisotopic (exact) mass is 388 g/mol. The summed E-state index contributed by atoms with van der Waals surface area (Å²) in [7, 11) is -2.72. The van der Waals surface area contributed by atoms with Crippen LogP contribution in [0.3, 0.4) is 0 Å². The van der Waals surface area contributed by atoms with Crippen LogP contribution in [0.1, 0.15) is 21.8 Å². The molecule has 0 bridgehead atoms. The maximum atomic E-state index is 12.5. The van der Waals surface area contributed by atoms with Crippen molar-refractivity contribution in [2.45, 2.75) is 18.7 Å². The van der Waals surface area contributed by atoms with Gasteiger partial charge in [0.1, 0.15) is 5.69 Å². The van der Waals surface area contributed by atoms with Crippen LogP contribution in [-0.4, -0.2) is 26.7 Å². The number of hydrogen-bond donors (Lipinski definition) is 1. The zero-order chi connectivity index (χ0) is 16.5. The molecule has 0 spiro atoms. The Bertz CT molecular complexity index is 809. The number of aromatic nitrogens is 1. The molecule has 1 aromatic carbocycles. The molecule has 0 fully saturated rings. The summed E-state index contributed by atoms with van der Waals surface area (Å²) < 4.78 is 37.5. The van der Waals surface area contributed by atoms with Crippen LogP contribution in [0.2, 0.25) is 0 Å². The van der Waals surface area contributed by atoms with Gasteiger partial charge in [-0.2, -0.15) is 0 Å². The van der Waals surface area contributed by atoms with Crippen LogP contribution in [0.25, 0.3) is 0 Å². The Balaban J connectivity index is 2.49. The van der Waals surface area contributed by atoms with E-state index in [1.165, 1.54) is 33.1 Å². The number of hydrogen-bond acceptors (Lipinski definition) is 6. The summed E-state index contributed by atoms with van der Waals surface area (Å²) in [5.74, 6) is -0.487. The highest BCUT2D eigenvalue weighted by Crippen LogP contribution is 2.26. The molecular formula is C13H13BrN2O5S. The minimum absolute atomic E-state index is 0.0498. The molecular weight excluding hydrogens is 376 g/mol. The first-order valence-electron chi connectivity index (χ1n) is 6.10. The second-order valence-corrected chi connectivity index (χ2v) is 6.98. The standard InChI is InChI=1S/C13H13BrN2O5S/c1-7-12(8(2)21-15-7)22(18,19)16-11-5-4-9(14)6-10(11)13(17)20-3/h4-6,16H,1-3H3. The van der Waals surface area contributed by atoms with E-state index >= 15 is 0 Å². The number of nitrogens with zero attached hydrogens (tertiary/aromatic N) is 1. The van der Waals surface area contributed by atoms with Crippen LogP contribution in [0.15, 0.2) is 32.1 Å². The topological polar surface area (TPSA) is 98.5 Å². The van der Waals surface area contributed by atoms with Crippen LogP contribution >= 0.6 is 15.9 Å².